The summed E-state index contributed by atoms with van der Waals surface area (Å²) in [6.45, 7) is 1.65. The standard InChI is InChI=1S/C8H15ClN4O/c1-14-6-4-2-3-5-13-8(7-9)10-11-12-13/h2-7H2,1H3. The molecule has 0 amide bonds. The summed E-state index contributed by atoms with van der Waals surface area (Å²) in [5.74, 6) is 1.10. The predicted octanol–water partition coefficient (Wildman–Crippen LogP) is 1.23. The van der Waals surface area contributed by atoms with Gasteiger partial charge in [0.25, 0.3) is 0 Å². The Bertz CT molecular complexity index is 253. The maximum atomic E-state index is 5.65. The van der Waals surface area contributed by atoms with Crippen molar-refractivity contribution in [3.63, 3.8) is 0 Å². The topological polar surface area (TPSA) is 52.8 Å². The molecule has 1 heterocycles. The van der Waals surface area contributed by atoms with Crippen LogP contribution in [-0.2, 0) is 17.2 Å². The van der Waals surface area contributed by atoms with Crippen molar-refractivity contribution in [1.82, 2.24) is 20.2 Å². The van der Waals surface area contributed by atoms with Crippen molar-refractivity contribution in [1.29, 1.82) is 0 Å². The van der Waals surface area contributed by atoms with Crippen LogP contribution >= 0.6 is 11.6 Å². The van der Waals surface area contributed by atoms with Gasteiger partial charge in [-0.3, -0.25) is 0 Å². The number of rotatable bonds is 7. The van der Waals surface area contributed by atoms with E-state index in [0.717, 1.165) is 38.2 Å². The summed E-state index contributed by atoms with van der Waals surface area (Å²) in [4.78, 5) is 0. The van der Waals surface area contributed by atoms with Crippen molar-refractivity contribution in [2.24, 2.45) is 0 Å². The minimum Gasteiger partial charge on any atom is -0.385 e. The molecule has 0 saturated heterocycles. The highest BCUT2D eigenvalue weighted by molar-refractivity contribution is 6.16. The summed E-state index contributed by atoms with van der Waals surface area (Å²) in [5.41, 5.74) is 0. The Morgan fingerprint density at radius 1 is 1.36 bits per heavy atom. The minimum atomic E-state index is 0.366. The van der Waals surface area contributed by atoms with Gasteiger partial charge in [0, 0.05) is 20.3 Å². The van der Waals surface area contributed by atoms with E-state index in [2.05, 4.69) is 15.5 Å². The Kier molecular flexibility index (Phi) is 5.47. The molecule has 0 fully saturated rings. The van der Waals surface area contributed by atoms with E-state index in [9.17, 15) is 0 Å². The average Bonchev–Trinajstić information content (AvgIpc) is 2.65. The predicted molar refractivity (Wildman–Crippen MR) is 53.1 cm³/mol. The van der Waals surface area contributed by atoms with E-state index >= 15 is 0 Å². The molecule has 1 aromatic heterocycles. The number of hydrogen-bond acceptors (Lipinski definition) is 4. The van der Waals surface area contributed by atoms with Crippen LogP contribution in [0.5, 0.6) is 0 Å². The number of aromatic nitrogens is 4. The van der Waals surface area contributed by atoms with Crippen molar-refractivity contribution in [3.05, 3.63) is 5.82 Å². The number of halogens is 1. The molecule has 0 aromatic carbocycles. The molecule has 0 spiro atoms. The molecule has 80 valence electrons. The Morgan fingerprint density at radius 3 is 2.93 bits per heavy atom. The SMILES string of the molecule is COCCCCCn1nnnc1CCl. The Morgan fingerprint density at radius 2 is 2.21 bits per heavy atom. The van der Waals surface area contributed by atoms with Gasteiger partial charge in [-0.1, -0.05) is 0 Å². The molecule has 1 aromatic rings. The minimum absolute atomic E-state index is 0.366. The molecule has 0 atom stereocenters. The largest absolute Gasteiger partial charge is 0.385 e. The number of methoxy groups -OCH3 is 1. The first-order valence-corrected chi connectivity index (χ1v) is 5.22. The van der Waals surface area contributed by atoms with Crippen LogP contribution in [-0.4, -0.2) is 33.9 Å². The van der Waals surface area contributed by atoms with Gasteiger partial charge in [0.2, 0.25) is 0 Å². The average molecular weight is 219 g/mol. The van der Waals surface area contributed by atoms with Gasteiger partial charge in [0.15, 0.2) is 5.82 Å². The van der Waals surface area contributed by atoms with Crippen molar-refractivity contribution < 1.29 is 4.74 Å². The van der Waals surface area contributed by atoms with Gasteiger partial charge in [-0.2, -0.15) is 0 Å². The van der Waals surface area contributed by atoms with Crippen molar-refractivity contribution in [3.8, 4) is 0 Å². The van der Waals surface area contributed by atoms with Gasteiger partial charge >= 0.3 is 0 Å². The first-order valence-electron chi connectivity index (χ1n) is 4.68. The van der Waals surface area contributed by atoms with Crippen LogP contribution in [0.4, 0.5) is 0 Å². The summed E-state index contributed by atoms with van der Waals surface area (Å²) >= 11 is 5.65. The van der Waals surface area contributed by atoms with E-state index in [4.69, 9.17) is 16.3 Å². The quantitative estimate of drug-likeness (QED) is 0.510. The molecule has 0 aliphatic carbocycles. The first-order chi connectivity index (χ1) is 6.88. The summed E-state index contributed by atoms with van der Waals surface area (Å²) in [7, 11) is 1.72. The lowest BCUT2D eigenvalue weighted by molar-refractivity contribution is 0.191. The molecule has 0 aliphatic heterocycles. The number of alkyl halides is 1. The fraction of sp³-hybridized carbons (Fsp3) is 0.875. The maximum absolute atomic E-state index is 5.65. The van der Waals surface area contributed by atoms with Crippen LogP contribution in [0.1, 0.15) is 25.1 Å². The second-order valence-corrected chi connectivity index (χ2v) is 3.27. The molecular weight excluding hydrogens is 204 g/mol. The number of ether oxygens (including phenoxy) is 1. The van der Waals surface area contributed by atoms with Gasteiger partial charge in [-0.15, -0.1) is 16.7 Å². The zero-order valence-electron chi connectivity index (χ0n) is 8.32. The van der Waals surface area contributed by atoms with Crippen LogP contribution in [0.25, 0.3) is 0 Å². The third kappa shape index (κ3) is 3.59. The molecule has 6 heteroatoms. The summed E-state index contributed by atoms with van der Waals surface area (Å²) < 4.78 is 6.71. The molecule has 1 rings (SSSR count). The van der Waals surface area contributed by atoms with Crippen LogP contribution in [0, 0.1) is 0 Å². The van der Waals surface area contributed by atoms with Gasteiger partial charge < -0.3 is 4.74 Å². The van der Waals surface area contributed by atoms with Gasteiger partial charge in [0.05, 0.1) is 5.88 Å². The summed E-state index contributed by atoms with van der Waals surface area (Å²) in [6, 6.07) is 0. The molecule has 0 radical (unpaired) electrons. The molecule has 0 bridgehead atoms. The zero-order valence-corrected chi connectivity index (χ0v) is 9.07. The van der Waals surface area contributed by atoms with E-state index in [1.54, 1.807) is 11.8 Å². The summed E-state index contributed by atoms with van der Waals surface area (Å²) in [5, 5.41) is 11.2. The normalized spacial score (nSPS) is 10.7. The lowest BCUT2D eigenvalue weighted by atomic mass is 10.2. The van der Waals surface area contributed by atoms with E-state index in [0.29, 0.717) is 5.88 Å². The fourth-order valence-electron chi connectivity index (χ4n) is 1.18. The fourth-order valence-corrected chi connectivity index (χ4v) is 1.37. The molecular formula is C8H15ClN4O. The third-order valence-electron chi connectivity index (χ3n) is 1.94. The third-order valence-corrected chi connectivity index (χ3v) is 2.18. The van der Waals surface area contributed by atoms with E-state index in [1.807, 2.05) is 0 Å². The molecule has 0 saturated carbocycles. The number of hydrogen-bond donors (Lipinski definition) is 0. The van der Waals surface area contributed by atoms with Gasteiger partial charge in [0.1, 0.15) is 0 Å². The lowest BCUT2D eigenvalue weighted by Crippen LogP contribution is -2.05. The number of aryl methyl sites for hydroxylation is 1. The van der Waals surface area contributed by atoms with Gasteiger partial charge in [-0.25, -0.2) is 4.68 Å². The number of nitrogens with zero attached hydrogens (tertiary/aromatic N) is 4. The highest BCUT2D eigenvalue weighted by Crippen LogP contribution is 2.02. The van der Waals surface area contributed by atoms with E-state index in [-0.39, 0.29) is 0 Å². The monoisotopic (exact) mass is 218 g/mol. The van der Waals surface area contributed by atoms with Gasteiger partial charge in [-0.05, 0) is 29.7 Å². The van der Waals surface area contributed by atoms with Crippen LogP contribution < -0.4 is 0 Å². The number of unbranched alkanes of at least 4 members (excludes halogenated alkanes) is 2. The smallest absolute Gasteiger partial charge is 0.165 e. The second-order valence-electron chi connectivity index (χ2n) is 3.01. The van der Waals surface area contributed by atoms with Crippen LogP contribution in [0.2, 0.25) is 0 Å². The first kappa shape index (κ1) is 11.4. The Balaban J connectivity index is 2.17. The van der Waals surface area contributed by atoms with Crippen LogP contribution in [0.15, 0.2) is 0 Å². The second kappa shape index (κ2) is 6.73. The zero-order chi connectivity index (χ0) is 10.2. The van der Waals surface area contributed by atoms with Crippen molar-refractivity contribution >= 4 is 11.6 Å². The van der Waals surface area contributed by atoms with Crippen molar-refractivity contribution in [2.45, 2.75) is 31.7 Å². The lowest BCUT2D eigenvalue weighted by Gasteiger charge is -2.02. The molecule has 0 unspecified atom stereocenters. The molecule has 0 aliphatic rings. The van der Waals surface area contributed by atoms with E-state index in [1.165, 1.54) is 0 Å². The Labute approximate surface area is 88.4 Å². The highest BCUT2D eigenvalue weighted by atomic mass is 35.5. The highest BCUT2D eigenvalue weighted by Gasteiger charge is 2.02. The van der Waals surface area contributed by atoms with Crippen molar-refractivity contribution in [2.75, 3.05) is 13.7 Å². The molecule has 14 heavy (non-hydrogen) atoms. The van der Waals surface area contributed by atoms with E-state index < -0.39 is 0 Å². The molecule has 0 N–H and O–H groups in total. The maximum Gasteiger partial charge on any atom is 0.165 e. The molecule has 5 nitrogen and oxygen atoms in total. The van der Waals surface area contributed by atoms with Crippen LogP contribution in [0.3, 0.4) is 0 Å². The Hall–Kier alpha value is -0.680. The number of tetrazole rings is 1. The summed E-state index contributed by atoms with van der Waals surface area (Å²) in [6.07, 6.45) is 3.25.